The predicted octanol–water partition coefficient (Wildman–Crippen LogP) is 4.30. The molecule has 0 aliphatic carbocycles. The van der Waals surface area contributed by atoms with Crippen molar-refractivity contribution >= 4 is 44.8 Å². The van der Waals surface area contributed by atoms with Crippen molar-refractivity contribution in [2.24, 2.45) is 0 Å². The number of halogens is 1. The van der Waals surface area contributed by atoms with E-state index in [4.69, 9.17) is 0 Å². The predicted molar refractivity (Wildman–Crippen MR) is 112 cm³/mol. The molecular formula is C19H20FN5O2S2. The van der Waals surface area contributed by atoms with Crippen LogP contribution < -0.4 is 10.6 Å². The Morgan fingerprint density at radius 2 is 1.93 bits per heavy atom. The van der Waals surface area contributed by atoms with E-state index in [1.807, 2.05) is 0 Å². The van der Waals surface area contributed by atoms with Crippen LogP contribution in [0.4, 0.5) is 14.7 Å². The van der Waals surface area contributed by atoms with Crippen molar-refractivity contribution in [1.29, 1.82) is 0 Å². The Labute approximate surface area is 175 Å². The number of aryl methyl sites for hydroxylation is 1. The highest BCUT2D eigenvalue weighted by Gasteiger charge is 2.15. The van der Waals surface area contributed by atoms with E-state index < -0.39 is 11.7 Å². The Balaban J connectivity index is 1.51. The molecule has 29 heavy (non-hydrogen) atoms. The van der Waals surface area contributed by atoms with Crippen molar-refractivity contribution in [3.05, 3.63) is 51.7 Å². The normalized spacial score (nSPS) is 10.7. The molecule has 0 radical (unpaired) electrons. The van der Waals surface area contributed by atoms with Crippen molar-refractivity contribution in [1.82, 2.24) is 15.2 Å². The summed E-state index contributed by atoms with van der Waals surface area (Å²) in [6.07, 6.45) is 4.23. The Hall–Kier alpha value is -2.72. The minimum atomic E-state index is -0.604. The van der Waals surface area contributed by atoms with Crippen molar-refractivity contribution in [3.8, 4) is 0 Å². The van der Waals surface area contributed by atoms with Crippen LogP contribution in [0.5, 0.6) is 0 Å². The quantitative estimate of drug-likeness (QED) is 0.491. The summed E-state index contributed by atoms with van der Waals surface area (Å²) in [4.78, 5) is 28.5. The fourth-order valence-corrected chi connectivity index (χ4v) is 4.02. The molecule has 1 aromatic carbocycles. The Bertz CT molecular complexity index is 988. The molecule has 7 nitrogen and oxygen atoms in total. The molecular weight excluding hydrogens is 413 g/mol. The second-order valence-corrected chi connectivity index (χ2v) is 8.18. The molecule has 0 bridgehead atoms. The number of aromatic nitrogens is 3. The molecule has 0 atom stereocenters. The molecule has 0 spiro atoms. The van der Waals surface area contributed by atoms with Crippen molar-refractivity contribution in [2.45, 2.75) is 39.0 Å². The number of nitrogens with one attached hydrogen (secondary N) is 2. The fraction of sp³-hybridized carbons (Fsp3) is 0.316. The number of nitrogens with zero attached hydrogens (tertiary/aromatic N) is 3. The van der Waals surface area contributed by atoms with E-state index >= 15 is 0 Å². The Kier molecular flexibility index (Phi) is 7.36. The lowest BCUT2D eigenvalue weighted by Gasteiger charge is -2.02. The van der Waals surface area contributed by atoms with Crippen molar-refractivity contribution in [2.75, 3.05) is 10.6 Å². The van der Waals surface area contributed by atoms with Gasteiger partial charge in [-0.05, 0) is 18.6 Å². The molecule has 152 valence electrons. The minimum Gasteiger partial charge on any atom is -0.300 e. The van der Waals surface area contributed by atoms with Gasteiger partial charge in [-0.15, -0.1) is 21.5 Å². The van der Waals surface area contributed by atoms with E-state index in [-0.39, 0.29) is 17.9 Å². The molecule has 2 amide bonds. The number of anilines is 2. The van der Waals surface area contributed by atoms with Gasteiger partial charge in [0, 0.05) is 11.8 Å². The second-order valence-electron chi connectivity index (χ2n) is 6.26. The molecule has 0 aliphatic rings. The Morgan fingerprint density at radius 3 is 2.72 bits per heavy atom. The summed E-state index contributed by atoms with van der Waals surface area (Å²) in [7, 11) is 0. The van der Waals surface area contributed by atoms with Crippen LogP contribution >= 0.6 is 22.7 Å². The molecule has 0 aliphatic heterocycles. The lowest BCUT2D eigenvalue weighted by Crippen LogP contribution is -2.15. The van der Waals surface area contributed by atoms with Crippen LogP contribution in [0.3, 0.4) is 0 Å². The topological polar surface area (TPSA) is 96.9 Å². The van der Waals surface area contributed by atoms with Gasteiger partial charge in [0.05, 0.1) is 17.7 Å². The summed E-state index contributed by atoms with van der Waals surface area (Å²) in [5.41, 5.74) is 0.442. The van der Waals surface area contributed by atoms with Gasteiger partial charge in [-0.25, -0.2) is 9.37 Å². The van der Waals surface area contributed by atoms with Gasteiger partial charge in [-0.3, -0.25) is 14.9 Å². The molecule has 2 N–H and O–H groups in total. The van der Waals surface area contributed by atoms with Gasteiger partial charge >= 0.3 is 0 Å². The Morgan fingerprint density at radius 1 is 1.10 bits per heavy atom. The lowest BCUT2D eigenvalue weighted by atomic mass is 10.2. The maximum absolute atomic E-state index is 13.7. The third-order valence-corrected chi connectivity index (χ3v) is 5.64. The van der Waals surface area contributed by atoms with Crippen LogP contribution in [0, 0.1) is 5.82 Å². The lowest BCUT2D eigenvalue weighted by molar-refractivity contribution is -0.115. The average molecular weight is 434 g/mol. The maximum Gasteiger partial charge on any atom is 0.260 e. The fourth-order valence-electron chi connectivity index (χ4n) is 2.51. The van der Waals surface area contributed by atoms with Crippen molar-refractivity contribution in [3.63, 3.8) is 0 Å². The number of hydrogen-bond acceptors (Lipinski definition) is 7. The number of carbonyl (C=O) groups excluding carboxylic acids is 2. The zero-order valence-corrected chi connectivity index (χ0v) is 17.4. The monoisotopic (exact) mass is 433 g/mol. The van der Waals surface area contributed by atoms with Crippen LogP contribution in [0.25, 0.3) is 0 Å². The minimum absolute atomic E-state index is 0.0385. The highest BCUT2D eigenvalue weighted by molar-refractivity contribution is 7.15. The molecule has 0 unspecified atom stereocenters. The van der Waals surface area contributed by atoms with E-state index in [1.165, 1.54) is 40.9 Å². The number of amides is 2. The van der Waals surface area contributed by atoms with Gasteiger partial charge in [0.1, 0.15) is 10.8 Å². The zero-order valence-electron chi connectivity index (χ0n) is 15.8. The summed E-state index contributed by atoms with van der Waals surface area (Å²) in [5.74, 6) is -1.45. The molecule has 0 fully saturated rings. The van der Waals surface area contributed by atoms with Crippen LogP contribution in [0.1, 0.15) is 47.2 Å². The summed E-state index contributed by atoms with van der Waals surface area (Å²) in [5, 5.41) is 16.7. The van der Waals surface area contributed by atoms with Crippen molar-refractivity contribution < 1.29 is 14.0 Å². The molecule has 2 aromatic heterocycles. The molecule has 2 heterocycles. The highest BCUT2D eigenvalue weighted by atomic mass is 32.1. The number of rotatable bonds is 9. The smallest absolute Gasteiger partial charge is 0.260 e. The standard InChI is InChI=1S/C19H20FN5O2S2/c1-2-3-4-9-16-24-25-19(29-16)22-15(26)10-12-11-28-18(21-12)23-17(27)13-7-5-6-8-14(13)20/h5-8,11H,2-4,9-10H2,1H3,(H,21,23,27)(H,22,25,26). The first-order valence-electron chi connectivity index (χ1n) is 9.17. The van der Waals surface area contributed by atoms with E-state index in [1.54, 1.807) is 11.4 Å². The van der Waals surface area contributed by atoms with E-state index in [0.29, 0.717) is 16.0 Å². The SMILES string of the molecule is CCCCCc1nnc(NC(=O)Cc2csc(NC(=O)c3ccccc3F)n2)s1. The molecule has 3 aromatic rings. The van der Waals surface area contributed by atoms with Gasteiger partial charge in [0.25, 0.3) is 5.91 Å². The first-order valence-corrected chi connectivity index (χ1v) is 10.9. The van der Waals surface area contributed by atoms with Crippen LogP contribution in [-0.4, -0.2) is 27.0 Å². The average Bonchev–Trinajstić information content (AvgIpc) is 3.31. The highest BCUT2D eigenvalue weighted by Crippen LogP contribution is 2.20. The number of unbranched alkanes of at least 4 members (excludes halogenated alkanes) is 2. The van der Waals surface area contributed by atoms with Crippen LogP contribution in [0.15, 0.2) is 29.6 Å². The summed E-state index contributed by atoms with van der Waals surface area (Å²) < 4.78 is 13.7. The van der Waals surface area contributed by atoms with Crippen LogP contribution in [0.2, 0.25) is 0 Å². The molecule has 10 heteroatoms. The third-order valence-electron chi connectivity index (χ3n) is 3.94. The summed E-state index contributed by atoms with van der Waals surface area (Å²) in [6, 6.07) is 5.71. The second kappa shape index (κ2) is 10.2. The zero-order chi connectivity index (χ0) is 20.6. The van der Waals surface area contributed by atoms with Gasteiger partial charge in [-0.2, -0.15) is 0 Å². The first-order chi connectivity index (χ1) is 14.0. The van der Waals surface area contributed by atoms with Gasteiger partial charge < -0.3 is 5.32 Å². The third kappa shape index (κ3) is 6.13. The first kappa shape index (κ1) is 21.0. The summed E-state index contributed by atoms with van der Waals surface area (Å²) >= 11 is 2.54. The number of carbonyl (C=O) groups is 2. The molecule has 0 saturated heterocycles. The van der Waals surface area contributed by atoms with Gasteiger partial charge in [-0.1, -0.05) is 43.2 Å². The largest absolute Gasteiger partial charge is 0.300 e. The number of thiazole rings is 1. The summed E-state index contributed by atoms with van der Waals surface area (Å²) in [6.45, 7) is 2.14. The van der Waals surface area contributed by atoms with Crippen LogP contribution in [-0.2, 0) is 17.6 Å². The number of benzene rings is 1. The van der Waals surface area contributed by atoms with E-state index in [2.05, 4.69) is 32.7 Å². The van der Waals surface area contributed by atoms with Gasteiger partial charge in [0.2, 0.25) is 11.0 Å². The number of hydrogen-bond donors (Lipinski definition) is 2. The maximum atomic E-state index is 13.7. The molecule has 0 saturated carbocycles. The van der Waals surface area contributed by atoms with Gasteiger partial charge in [0.15, 0.2) is 5.13 Å². The van der Waals surface area contributed by atoms with E-state index in [9.17, 15) is 14.0 Å². The van der Waals surface area contributed by atoms with E-state index in [0.717, 1.165) is 30.7 Å². The molecule has 3 rings (SSSR count).